The zero-order valence-corrected chi connectivity index (χ0v) is 18.1. The number of methoxy groups -OCH3 is 2. The number of hydrogen-bond donors (Lipinski definition) is 1. The third kappa shape index (κ3) is 4.86. The van der Waals surface area contributed by atoms with Gasteiger partial charge < -0.3 is 24.4 Å². The summed E-state index contributed by atoms with van der Waals surface area (Å²) in [6.45, 7) is 3.52. The van der Waals surface area contributed by atoms with Crippen LogP contribution >= 0.6 is 11.3 Å². The van der Waals surface area contributed by atoms with Gasteiger partial charge in [0, 0.05) is 25.7 Å². The van der Waals surface area contributed by atoms with Crippen molar-refractivity contribution in [3.05, 3.63) is 39.8 Å². The Morgan fingerprint density at radius 2 is 1.66 bits per heavy atom. The third-order valence-corrected chi connectivity index (χ3v) is 5.26. The first-order valence-corrected chi connectivity index (χ1v) is 9.61. The molecule has 1 aromatic heterocycles. The average Bonchev–Trinajstić information content (AvgIpc) is 3.02. The fourth-order valence-electron chi connectivity index (χ4n) is 2.57. The summed E-state index contributed by atoms with van der Waals surface area (Å²) in [5, 5.41) is 2.97. The summed E-state index contributed by atoms with van der Waals surface area (Å²) in [7, 11) is 6.20. The van der Waals surface area contributed by atoms with Crippen LogP contribution in [-0.2, 0) is 4.74 Å². The number of benzene rings is 1. The van der Waals surface area contributed by atoms with Crippen molar-refractivity contribution in [2.75, 3.05) is 40.2 Å². The molecule has 0 atom stereocenters. The second-order valence-corrected chi connectivity index (χ2v) is 7.26. The van der Waals surface area contributed by atoms with Crippen LogP contribution in [-0.4, -0.2) is 57.6 Å². The summed E-state index contributed by atoms with van der Waals surface area (Å²) in [6, 6.07) is 4.74. The van der Waals surface area contributed by atoms with E-state index in [1.165, 1.54) is 19.1 Å². The molecular weight excluding hydrogens is 396 g/mol. The molecule has 1 N–H and O–H groups in total. The van der Waals surface area contributed by atoms with Crippen LogP contribution in [0, 0.1) is 6.92 Å². The Balaban J connectivity index is 2.48. The number of rotatable bonds is 7. The quantitative estimate of drug-likeness (QED) is 0.692. The highest BCUT2D eigenvalue weighted by Crippen LogP contribution is 2.35. The Morgan fingerprint density at radius 3 is 2.14 bits per heavy atom. The first kappa shape index (κ1) is 22.2. The van der Waals surface area contributed by atoms with Crippen molar-refractivity contribution in [3.8, 4) is 11.5 Å². The summed E-state index contributed by atoms with van der Waals surface area (Å²) in [5.74, 6) is -0.436. The molecule has 0 radical (unpaired) electrons. The van der Waals surface area contributed by atoms with Gasteiger partial charge in [-0.2, -0.15) is 0 Å². The number of hydrogen-bond acceptors (Lipinski definition) is 7. The molecule has 0 aliphatic rings. The molecule has 0 aliphatic heterocycles. The number of ether oxygens (including phenoxy) is 3. The Morgan fingerprint density at radius 1 is 1.07 bits per heavy atom. The smallest absolute Gasteiger partial charge is 0.341 e. The number of nitrogens with one attached hydrogen (secondary N) is 1. The third-order valence-electron chi connectivity index (χ3n) is 4.07. The fraction of sp³-hybridized carbons (Fsp3) is 0.350. The zero-order chi connectivity index (χ0) is 21.7. The number of carbonyl (C=O) groups excluding carboxylic acids is 3. The van der Waals surface area contributed by atoms with Crippen LogP contribution in [0.2, 0.25) is 0 Å². The first-order chi connectivity index (χ1) is 13.7. The summed E-state index contributed by atoms with van der Waals surface area (Å²) in [6.07, 6.45) is 0. The van der Waals surface area contributed by atoms with Gasteiger partial charge in [0.2, 0.25) is 0 Å². The van der Waals surface area contributed by atoms with E-state index in [0.29, 0.717) is 21.9 Å². The number of carbonyl (C=O) groups is 3. The zero-order valence-electron chi connectivity index (χ0n) is 17.2. The Kier molecular flexibility index (Phi) is 7.22. The van der Waals surface area contributed by atoms with Crippen LogP contribution < -0.4 is 14.8 Å². The summed E-state index contributed by atoms with van der Waals surface area (Å²) in [4.78, 5) is 39.6. The van der Waals surface area contributed by atoms with Gasteiger partial charge in [0.05, 0.1) is 31.3 Å². The lowest BCUT2D eigenvalue weighted by atomic mass is 10.1. The standard InChI is InChI=1S/C20H24N2O6S/c1-7-28-20(25)15-11(2)16(19(24)22(3)4)29-18(15)21-17(23)12-8-13(26-5)10-14(9-12)27-6/h8-10H,7H2,1-6H3,(H,21,23). The van der Waals surface area contributed by atoms with Gasteiger partial charge in [-0.05, 0) is 31.5 Å². The highest BCUT2D eigenvalue weighted by molar-refractivity contribution is 7.18. The molecule has 0 aliphatic carbocycles. The molecule has 2 rings (SSSR count). The maximum absolute atomic E-state index is 12.8. The molecule has 0 fully saturated rings. The maximum atomic E-state index is 12.8. The highest BCUT2D eigenvalue weighted by atomic mass is 32.1. The van der Waals surface area contributed by atoms with E-state index in [0.717, 1.165) is 11.3 Å². The van der Waals surface area contributed by atoms with Gasteiger partial charge in [0.15, 0.2) is 0 Å². The van der Waals surface area contributed by atoms with E-state index >= 15 is 0 Å². The molecule has 1 aromatic carbocycles. The van der Waals surface area contributed by atoms with E-state index in [4.69, 9.17) is 14.2 Å². The summed E-state index contributed by atoms with van der Waals surface area (Å²) < 4.78 is 15.5. The molecule has 0 spiro atoms. The van der Waals surface area contributed by atoms with Crippen molar-refractivity contribution in [2.24, 2.45) is 0 Å². The van der Waals surface area contributed by atoms with Gasteiger partial charge in [-0.1, -0.05) is 0 Å². The number of esters is 1. The van der Waals surface area contributed by atoms with Crippen LogP contribution in [0.4, 0.5) is 5.00 Å². The second-order valence-electron chi connectivity index (χ2n) is 6.24. The monoisotopic (exact) mass is 420 g/mol. The number of nitrogens with zero attached hydrogens (tertiary/aromatic N) is 1. The van der Waals surface area contributed by atoms with E-state index in [1.54, 1.807) is 46.1 Å². The SMILES string of the molecule is CCOC(=O)c1c(NC(=O)c2cc(OC)cc(OC)c2)sc(C(=O)N(C)C)c1C. The second kappa shape index (κ2) is 9.42. The van der Waals surface area contributed by atoms with Crippen LogP contribution in [0.25, 0.3) is 0 Å². The number of amides is 2. The predicted molar refractivity (Wildman–Crippen MR) is 111 cm³/mol. The van der Waals surface area contributed by atoms with Crippen molar-refractivity contribution in [1.29, 1.82) is 0 Å². The largest absolute Gasteiger partial charge is 0.497 e. The van der Waals surface area contributed by atoms with Gasteiger partial charge in [0.25, 0.3) is 11.8 Å². The predicted octanol–water partition coefficient (Wildman–Crippen LogP) is 3.20. The fourth-order valence-corrected chi connectivity index (χ4v) is 3.78. The minimum Gasteiger partial charge on any atom is -0.497 e. The molecular formula is C20H24N2O6S. The van der Waals surface area contributed by atoms with E-state index in [2.05, 4.69) is 5.32 Å². The van der Waals surface area contributed by atoms with E-state index in [1.807, 2.05) is 0 Å². The minimum absolute atomic E-state index is 0.172. The number of anilines is 1. The molecule has 2 aromatic rings. The molecule has 2 amide bonds. The van der Waals surface area contributed by atoms with Gasteiger partial charge in [0.1, 0.15) is 16.5 Å². The lowest BCUT2D eigenvalue weighted by Crippen LogP contribution is -2.21. The van der Waals surface area contributed by atoms with Crippen LogP contribution in [0.15, 0.2) is 18.2 Å². The Bertz CT molecular complexity index is 913. The number of thiophene rings is 1. The Hall–Kier alpha value is -3.07. The van der Waals surface area contributed by atoms with Gasteiger partial charge in [-0.3, -0.25) is 9.59 Å². The lowest BCUT2D eigenvalue weighted by Gasteiger charge is -2.10. The van der Waals surface area contributed by atoms with Crippen molar-refractivity contribution >= 4 is 34.1 Å². The molecule has 0 bridgehead atoms. The average molecular weight is 420 g/mol. The molecule has 0 saturated heterocycles. The van der Waals surface area contributed by atoms with E-state index in [9.17, 15) is 14.4 Å². The van der Waals surface area contributed by atoms with E-state index < -0.39 is 11.9 Å². The molecule has 156 valence electrons. The summed E-state index contributed by atoms with van der Waals surface area (Å²) in [5.41, 5.74) is 0.915. The van der Waals surface area contributed by atoms with E-state index in [-0.39, 0.29) is 28.6 Å². The minimum atomic E-state index is -0.599. The first-order valence-electron chi connectivity index (χ1n) is 8.80. The van der Waals surface area contributed by atoms with Crippen molar-refractivity contribution in [3.63, 3.8) is 0 Å². The topological polar surface area (TPSA) is 94.2 Å². The van der Waals surface area contributed by atoms with Gasteiger partial charge in [-0.25, -0.2) is 4.79 Å². The van der Waals surface area contributed by atoms with Crippen molar-refractivity contribution in [2.45, 2.75) is 13.8 Å². The highest BCUT2D eigenvalue weighted by Gasteiger charge is 2.27. The normalized spacial score (nSPS) is 10.3. The molecule has 9 heteroatoms. The molecule has 8 nitrogen and oxygen atoms in total. The van der Waals surface area contributed by atoms with Gasteiger partial charge >= 0.3 is 5.97 Å². The van der Waals surface area contributed by atoms with Crippen molar-refractivity contribution in [1.82, 2.24) is 4.90 Å². The van der Waals surface area contributed by atoms with Gasteiger partial charge in [-0.15, -0.1) is 11.3 Å². The molecule has 29 heavy (non-hydrogen) atoms. The molecule has 0 saturated carbocycles. The molecule has 1 heterocycles. The lowest BCUT2D eigenvalue weighted by molar-refractivity contribution is 0.0527. The van der Waals surface area contributed by atoms with Crippen LogP contribution in [0.1, 0.15) is 42.9 Å². The maximum Gasteiger partial charge on any atom is 0.341 e. The van der Waals surface area contributed by atoms with Crippen molar-refractivity contribution < 1.29 is 28.6 Å². The summed E-state index contributed by atoms with van der Waals surface area (Å²) >= 11 is 1.03. The van der Waals surface area contributed by atoms with Crippen LogP contribution in [0.3, 0.4) is 0 Å². The Labute approximate surface area is 173 Å². The van der Waals surface area contributed by atoms with Crippen LogP contribution in [0.5, 0.6) is 11.5 Å². The molecule has 0 unspecified atom stereocenters.